The van der Waals surface area contributed by atoms with Crippen LogP contribution in [0.5, 0.6) is 0 Å². The van der Waals surface area contributed by atoms with Crippen LogP contribution in [0.15, 0.2) is 0 Å². The molecule has 1 aliphatic rings. The van der Waals surface area contributed by atoms with E-state index >= 15 is 0 Å². The van der Waals surface area contributed by atoms with E-state index in [-0.39, 0.29) is 5.92 Å². The summed E-state index contributed by atoms with van der Waals surface area (Å²) in [5.74, 6) is 1.38. The third kappa shape index (κ3) is 2.20. The monoisotopic (exact) mass is 192 g/mol. The summed E-state index contributed by atoms with van der Waals surface area (Å²) in [6.07, 6.45) is 0.741. The summed E-state index contributed by atoms with van der Waals surface area (Å²) in [4.78, 5) is 0. The van der Waals surface area contributed by atoms with Crippen LogP contribution in [-0.4, -0.2) is 26.0 Å². The summed E-state index contributed by atoms with van der Waals surface area (Å²) in [6.45, 7) is 4.15. The number of rotatable bonds is 1. The second kappa shape index (κ2) is 3.34. The van der Waals surface area contributed by atoms with Crippen molar-refractivity contribution in [2.45, 2.75) is 26.3 Å². The number of quaternary nitrogens is 1. The van der Waals surface area contributed by atoms with Crippen molar-refractivity contribution in [3.05, 3.63) is 0 Å². The van der Waals surface area contributed by atoms with E-state index in [2.05, 4.69) is 19.6 Å². The molecule has 0 bridgehead atoms. The van der Waals surface area contributed by atoms with E-state index in [1.807, 2.05) is 0 Å². The van der Waals surface area contributed by atoms with Crippen molar-refractivity contribution in [3.8, 4) is 0 Å². The van der Waals surface area contributed by atoms with Crippen molar-refractivity contribution in [1.82, 2.24) is 0 Å². The molecule has 0 radical (unpaired) electrons. The molecule has 72 valence electrons. The first-order valence-electron chi connectivity index (χ1n) is 4.46. The lowest BCUT2D eigenvalue weighted by atomic mass is 9.89. The van der Waals surface area contributed by atoms with E-state index in [1.165, 1.54) is 0 Å². The van der Waals surface area contributed by atoms with E-state index in [9.17, 15) is 8.42 Å². The van der Waals surface area contributed by atoms with Crippen LogP contribution in [0.3, 0.4) is 0 Å². The molecule has 1 fully saturated rings. The lowest BCUT2D eigenvalue weighted by Gasteiger charge is -2.28. The molecule has 0 aromatic heterocycles. The van der Waals surface area contributed by atoms with Gasteiger partial charge in [0.1, 0.15) is 0 Å². The molecular weight excluding hydrogens is 174 g/mol. The predicted octanol–water partition coefficient (Wildman–Crippen LogP) is -0.312. The Kier molecular flexibility index (Phi) is 2.78. The molecule has 3 N–H and O–H groups in total. The zero-order chi connectivity index (χ0) is 9.35. The number of hydrogen-bond donors (Lipinski definition) is 1. The summed E-state index contributed by atoms with van der Waals surface area (Å²) in [5.41, 5.74) is 4.00. The standard InChI is InChI=1S/C8H17NO2S/c1-6(2)7-5-12(10,11)4-3-8(7)9/h6-8H,3-5,9H2,1-2H3/p+1. The van der Waals surface area contributed by atoms with Gasteiger partial charge in [0.2, 0.25) is 0 Å². The Morgan fingerprint density at radius 3 is 2.42 bits per heavy atom. The molecule has 4 heteroatoms. The predicted molar refractivity (Wildman–Crippen MR) is 48.3 cm³/mol. The fourth-order valence-electron chi connectivity index (χ4n) is 1.79. The van der Waals surface area contributed by atoms with Gasteiger partial charge in [-0.15, -0.1) is 0 Å². The summed E-state index contributed by atoms with van der Waals surface area (Å²) in [7, 11) is -2.75. The summed E-state index contributed by atoms with van der Waals surface area (Å²) in [5, 5.41) is 0. The van der Waals surface area contributed by atoms with Crippen molar-refractivity contribution in [2.75, 3.05) is 11.5 Å². The van der Waals surface area contributed by atoms with Gasteiger partial charge in [-0.3, -0.25) is 0 Å². The van der Waals surface area contributed by atoms with E-state index in [1.54, 1.807) is 0 Å². The molecule has 0 aromatic rings. The lowest BCUT2D eigenvalue weighted by Crippen LogP contribution is -2.68. The zero-order valence-electron chi connectivity index (χ0n) is 7.79. The van der Waals surface area contributed by atoms with Gasteiger partial charge in [-0.05, 0) is 5.92 Å². The van der Waals surface area contributed by atoms with Crippen LogP contribution in [0.4, 0.5) is 0 Å². The van der Waals surface area contributed by atoms with Gasteiger partial charge in [-0.1, -0.05) is 13.8 Å². The van der Waals surface area contributed by atoms with E-state index in [0.29, 0.717) is 23.5 Å². The molecule has 1 aliphatic heterocycles. The average molecular weight is 192 g/mol. The quantitative estimate of drug-likeness (QED) is 0.619. The van der Waals surface area contributed by atoms with E-state index in [0.717, 1.165) is 6.42 Å². The molecular formula is C8H18NO2S+. The Morgan fingerprint density at radius 2 is 2.00 bits per heavy atom. The first kappa shape index (κ1) is 9.99. The maximum atomic E-state index is 11.3. The van der Waals surface area contributed by atoms with Gasteiger partial charge < -0.3 is 5.73 Å². The molecule has 0 aliphatic carbocycles. The van der Waals surface area contributed by atoms with Crippen molar-refractivity contribution in [3.63, 3.8) is 0 Å². The van der Waals surface area contributed by atoms with E-state index in [4.69, 9.17) is 0 Å². The molecule has 12 heavy (non-hydrogen) atoms. The molecule has 0 saturated carbocycles. The van der Waals surface area contributed by atoms with Crippen LogP contribution in [0.1, 0.15) is 20.3 Å². The summed E-state index contributed by atoms with van der Waals surface area (Å²) >= 11 is 0. The van der Waals surface area contributed by atoms with Crippen LogP contribution in [0.2, 0.25) is 0 Å². The third-order valence-electron chi connectivity index (χ3n) is 2.71. The fourth-order valence-corrected chi connectivity index (χ4v) is 3.87. The van der Waals surface area contributed by atoms with Crippen molar-refractivity contribution in [2.24, 2.45) is 11.8 Å². The lowest BCUT2D eigenvalue weighted by molar-refractivity contribution is -0.435. The topological polar surface area (TPSA) is 61.8 Å². The van der Waals surface area contributed by atoms with Crippen molar-refractivity contribution < 1.29 is 14.2 Å². The Morgan fingerprint density at radius 1 is 1.42 bits per heavy atom. The Balaban J connectivity index is 2.73. The van der Waals surface area contributed by atoms with Gasteiger partial charge in [0.25, 0.3) is 0 Å². The summed E-state index contributed by atoms with van der Waals surface area (Å²) in [6, 6.07) is 0.327. The van der Waals surface area contributed by atoms with Crippen LogP contribution in [0, 0.1) is 11.8 Å². The van der Waals surface area contributed by atoms with Gasteiger partial charge >= 0.3 is 0 Å². The van der Waals surface area contributed by atoms with Gasteiger partial charge in [0.15, 0.2) is 9.84 Å². The average Bonchev–Trinajstić information content (AvgIpc) is 1.94. The Bertz CT molecular complexity index is 246. The number of hydrogen-bond acceptors (Lipinski definition) is 2. The minimum absolute atomic E-state index is 0.267. The van der Waals surface area contributed by atoms with Crippen LogP contribution in [-0.2, 0) is 9.84 Å². The zero-order valence-corrected chi connectivity index (χ0v) is 8.60. The van der Waals surface area contributed by atoms with Crippen LogP contribution >= 0.6 is 0 Å². The van der Waals surface area contributed by atoms with E-state index < -0.39 is 9.84 Å². The summed E-state index contributed by atoms with van der Waals surface area (Å²) < 4.78 is 22.6. The molecule has 0 amide bonds. The first-order valence-corrected chi connectivity index (χ1v) is 6.28. The van der Waals surface area contributed by atoms with Gasteiger partial charge in [-0.25, -0.2) is 8.42 Å². The third-order valence-corrected chi connectivity index (χ3v) is 4.46. The largest absolute Gasteiger partial charge is 0.355 e. The van der Waals surface area contributed by atoms with Crippen LogP contribution < -0.4 is 5.73 Å². The normalized spacial score (nSPS) is 35.3. The van der Waals surface area contributed by atoms with Crippen LogP contribution in [0.25, 0.3) is 0 Å². The molecule has 1 saturated heterocycles. The fraction of sp³-hybridized carbons (Fsp3) is 1.00. The van der Waals surface area contributed by atoms with Gasteiger partial charge in [-0.2, -0.15) is 0 Å². The minimum Gasteiger partial charge on any atom is -0.355 e. The molecule has 2 unspecified atom stereocenters. The Labute approximate surface area is 74.3 Å². The molecule has 1 heterocycles. The first-order chi connectivity index (χ1) is 5.42. The molecule has 2 atom stereocenters. The van der Waals surface area contributed by atoms with Gasteiger partial charge in [0, 0.05) is 12.3 Å². The smallest absolute Gasteiger partial charge is 0.151 e. The highest BCUT2D eigenvalue weighted by Gasteiger charge is 2.34. The second-order valence-corrected chi connectivity index (χ2v) is 6.30. The maximum absolute atomic E-state index is 11.3. The second-order valence-electron chi connectivity index (χ2n) is 4.07. The molecule has 0 spiro atoms. The highest BCUT2D eigenvalue weighted by atomic mass is 32.2. The highest BCUT2D eigenvalue weighted by Crippen LogP contribution is 2.23. The maximum Gasteiger partial charge on any atom is 0.151 e. The number of sulfone groups is 1. The molecule has 1 rings (SSSR count). The van der Waals surface area contributed by atoms with Gasteiger partial charge in [0.05, 0.1) is 17.5 Å². The highest BCUT2D eigenvalue weighted by molar-refractivity contribution is 7.91. The molecule has 0 aromatic carbocycles. The Hall–Kier alpha value is -0.0900. The van der Waals surface area contributed by atoms with Crippen molar-refractivity contribution >= 4 is 9.84 Å². The molecule has 3 nitrogen and oxygen atoms in total. The minimum atomic E-state index is -2.75. The SMILES string of the molecule is CC(C)C1CS(=O)(=O)CCC1[NH3+]. The van der Waals surface area contributed by atoms with Crippen molar-refractivity contribution in [1.29, 1.82) is 0 Å².